The number of nitrogens with one attached hydrogen (secondary N) is 2. The van der Waals surface area contributed by atoms with Crippen LogP contribution in [0.4, 0.5) is 11.5 Å². The Balaban J connectivity index is 2.04. The van der Waals surface area contributed by atoms with Crippen LogP contribution in [0.5, 0.6) is 0 Å². The first-order valence-electron chi connectivity index (χ1n) is 4.49. The first kappa shape index (κ1) is 10.6. The molecule has 0 aromatic carbocycles. The Hall–Kier alpha value is -1.96. The molecule has 0 bridgehead atoms. The number of hydrogen-bond acceptors (Lipinski definition) is 6. The molecule has 0 unspecified atom stereocenters. The normalized spacial score (nSPS) is 10.3. The number of rotatable bonds is 4. The number of anilines is 1. The van der Waals surface area contributed by atoms with E-state index in [9.17, 15) is 10.1 Å². The smallest absolute Gasteiger partial charge is 0.366 e. The number of hydrogen-bond donors (Lipinski definition) is 2. The summed E-state index contributed by atoms with van der Waals surface area (Å²) in [6.45, 7) is 2.36. The molecule has 16 heavy (non-hydrogen) atoms. The monoisotopic (exact) mass is 239 g/mol. The van der Waals surface area contributed by atoms with Crippen molar-refractivity contribution in [2.45, 2.75) is 13.5 Å². The standard InChI is InChI=1S/C8H9N5O2S/c1-5-11-6(4-16-5)2-9-7-3-10-12-8(7)13(14)15/h3-4,9H,2H2,1H3,(H,10,12). The lowest BCUT2D eigenvalue weighted by Gasteiger charge is -2.00. The molecule has 2 aromatic heterocycles. The van der Waals surface area contributed by atoms with Gasteiger partial charge in [0.2, 0.25) is 0 Å². The molecule has 0 atom stereocenters. The molecule has 2 heterocycles. The zero-order valence-corrected chi connectivity index (χ0v) is 9.24. The summed E-state index contributed by atoms with van der Waals surface area (Å²) in [4.78, 5) is 14.3. The molecule has 2 aromatic rings. The Labute approximate surface area is 94.7 Å². The fourth-order valence-electron chi connectivity index (χ4n) is 1.22. The van der Waals surface area contributed by atoms with E-state index in [-0.39, 0.29) is 5.82 Å². The second kappa shape index (κ2) is 4.27. The van der Waals surface area contributed by atoms with Crippen LogP contribution < -0.4 is 5.32 Å². The van der Waals surface area contributed by atoms with Gasteiger partial charge >= 0.3 is 5.82 Å². The molecule has 0 amide bonds. The maximum atomic E-state index is 10.6. The van der Waals surface area contributed by atoms with E-state index >= 15 is 0 Å². The second-order valence-electron chi connectivity index (χ2n) is 3.10. The SMILES string of the molecule is Cc1nc(CNc2cn[nH]c2[N+](=O)[O-])cs1. The number of aromatic nitrogens is 3. The minimum atomic E-state index is -0.512. The molecule has 0 radical (unpaired) electrons. The number of aromatic amines is 1. The van der Waals surface area contributed by atoms with Crippen LogP contribution in [0.1, 0.15) is 10.7 Å². The van der Waals surface area contributed by atoms with Crippen LogP contribution in [-0.2, 0) is 6.54 Å². The van der Waals surface area contributed by atoms with Gasteiger partial charge in [-0.05, 0) is 11.8 Å². The number of nitrogens with zero attached hydrogens (tertiary/aromatic N) is 3. The minimum absolute atomic E-state index is 0.132. The van der Waals surface area contributed by atoms with Gasteiger partial charge in [0, 0.05) is 5.38 Å². The highest BCUT2D eigenvalue weighted by molar-refractivity contribution is 7.09. The van der Waals surface area contributed by atoms with Crippen molar-refractivity contribution in [3.05, 3.63) is 32.4 Å². The molecule has 0 saturated carbocycles. The molecule has 2 N–H and O–H groups in total. The van der Waals surface area contributed by atoms with Gasteiger partial charge in [-0.1, -0.05) is 5.10 Å². The Morgan fingerprint density at radius 3 is 3.12 bits per heavy atom. The van der Waals surface area contributed by atoms with E-state index in [0.717, 1.165) is 10.7 Å². The van der Waals surface area contributed by atoms with Crippen molar-refractivity contribution in [2.75, 3.05) is 5.32 Å². The van der Waals surface area contributed by atoms with Crippen LogP contribution in [0.15, 0.2) is 11.6 Å². The van der Waals surface area contributed by atoms with E-state index in [2.05, 4.69) is 20.5 Å². The lowest BCUT2D eigenvalue weighted by molar-refractivity contribution is -0.388. The van der Waals surface area contributed by atoms with E-state index in [1.54, 1.807) is 11.3 Å². The molecule has 7 nitrogen and oxygen atoms in total. The van der Waals surface area contributed by atoms with Crippen molar-refractivity contribution in [3.63, 3.8) is 0 Å². The molecule has 2 rings (SSSR count). The average molecular weight is 239 g/mol. The van der Waals surface area contributed by atoms with Crippen molar-refractivity contribution in [3.8, 4) is 0 Å². The van der Waals surface area contributed by atoms with E-state index in [4.69, 9.17) is 0 Å². The number of nitro groups is 1. The largest absolute Gasteiger partial charge is 0.371 e. The maximum Gasteiger partial charge on any atom is 0.366 e. The maximum absolute atomic E-state index is 10.6. The van der Waals surface area contributed by atoms with Crippen LogP contribution in [0.25, 0.3) is 0 Å². The predicted molar refractivity (Wildman–Crippen MR) is 59.4 cm³/mol. The minimum Gasteiger partial charge on any atom is -0.371 e. The number of aryl methyl sites for hydroxylation is 1. The van der Waals surface area contributed by atoms with Crippen LogP contribution in [0.3, 0.4) is 0 Å². The summed E-state index contributed by atoms with van der Waals surface area (Å²) in [6, 6.07) is 0. The third kappa shape index (κ3) is 2.16. The van der Waals surface area contributed by atoms with Gasteiger partial charge in [-0.3, -0.25) is 0 Å². The molecule has 0 aliphatic heterocycles. The topological polar surface area (TPSA) is 96.7 Å². The van der Waals surface area contributed by atoms with Gasteiger partial charge in [0.1, 0.15) is 6.20 Å². The van der Waals surface area contributed by atoms with Gasteiger partial charge in [-0.15, -0.1) is 16.4 Å². The van der Waals surface area contributed by atoms with Gasteiger partial charge in [-0.2, -0.15) is 0 Å². The van der Waals surface area contributed by atoms with E-state index in [1.165, 1.54) is 6.20 Å². The summed E-state index contributed by atoms with van der Waals surface area (Å²) in [5.41, 5.74) is 1.23. The van der Waals surface area contributed by atoms with Gasteiger partial charge < -0.3 is 15.4 Å². The van der Waals surface area contributed by atoms with Crippen LogP contribution in [-0.4, -0.2) is 20.1 Å². The van der Waals surface area contributed by atoms with Gasteiger partial charge in [0.05, 0.1) is 17.2 Å². The van der Waals surface area contributed by atoms with E-state index in [1.807, 2.05) is 12.3 Å². The first-order valence-corrected chi connectivity index (χ1v) is 5.37. The second-order valence-corrected chi connectivity index (χ2v) is 4.16. The zero-order valence-electron chi connectivity index (χ0n) is 8.43. The summed E-state index contributed by atoms with van der Waals surface area (Å²) in [7, 11) is 0. The average Bonchev–Trinajstić information content (AvgIpc) is 2.83. The zero-order chi connectivity index (χ0) is 11.5. The third-order valence-corrected chi connectivity index (χ3v) is 2.75. The Morgan fingerprint density at radius 1 is 1.69 bits per heavy atom. The summed E-state index contributed by atoms with van der Waals surface area (Å²) in [5.74, 6) is -0.132. The molecule has 84 valence electrons. The van der Waals surface area contributed by atoms with Gasteiger partial charge in [-0.25, -0.2) is 4.98 Å². The highest BCUT2D eigenvalue weighted by Crippen LogP contribution is 2.20. The Kier molecular flexibility index (Phi) is 2.82. The van der Waals surface area contributed by atoms with Crippen molar-refractivity contribution in [1.29, 1.82) is 0 Å². The molecule has 0 aliphatic carbocycles. The highest BCUT2D eigenvalue weighted by atomic mass is 32.1. The summed E-state index contributed by atoms with van der Waals surface area (Å²) >= 11 is 1.54. The number of H-pyrrole nitrogens is 1. The fourth-order valence-corrected chi connectivity index (χ4v) is 1.84. The molecule has 0 fully saturated rings. The van der Waals surface area contributed by atoms with Crippen molar-refractivity contribution in [2.24, 2.45) is 0 Å². The third-order valence-electron chi connectivity index (χ3n) is 1.93. The molecule has 0 aliphatic rings. The van der Waals surface area contributed by atoms with Crippen LogP contribution in [0, 0.1) is 17.0 Å². The lowest BCUT2D eigenvalue weighted by Crippen LogP contribution is -2.01. The Bertz CT molecular complexity index is 506. The Morgan fingerprint density at radius 2 is 2.50 bits per heavy atom. The lowest BCUT2D eigenvalue weighted by atomic mass is 10.4. The van der Waals surface area contributed by atoms with Gasteiger partial charge in [0.25, 0.3) is 0 Å². The van der Waals surface area contributed by atoms with Crippen LogP contribution in [0.2, 0.25) is 0 Å². The van der Waals surface area contributed by atoms with Gasteiger partial charge in [0.15, 0.2) is 5.69 Å². The summed E-state index contributed by atoms with van der Waals surface area (Å²) < 4.78 is 0. The van der Waals surface area contributed by atoms with Crippen molar-refractivity contribution < 1.29 is 4.92 Å². The summed E-state index contributed by atoms with van der Waals surface area (Å²) in [6.07, 6.45) is 1.39. The molecular formula is C8H9N5O2S. The first-order chi connectivity index (χ1) is 7.66. The molecule has 8 heteroatoms. The van der Waals surface area contributed by atoms with E-state index < -0.39 is 4.92 Å². The van der Waals surface area contributed by atoms with Crippen LogP contribution >= 0.6 is 11.3 Å². The van der Waals surface area contributed by atoms with Crippen molar-refractivity contribution in [1.82, 2.24) is 15.2 Å². The van der Waals surface area contributed by atoms with Crippen molar-refractivity contribution >= 4 is 22.8 Å². The molecule has 0 spiro atoms. The fraction of sp³-hybridized carbons (Fsp3) is 0.250. The number of thiazole rings is 1. The summed E-state index contributed by atoms with van der Waals surface area (Å²) in [5, 5.41) is 22.3. The highest BCUT2D eigenvalue weighted by Gasteiger charge is 2.14. The molecular weight excluding hydrogens is 230 g/mol. The predicted octanol–water partition coefficient (Wildman–Crippen LogP) is 1.69. The molecule has 0 saturated heterocycles. The van der Waals surface area contributed by atoms with E-state index in [0.29, 0.717) is 12.2 Å². The quantitative estimate of drug-likeness (QED) is 0.625.